The van der Waals surface area contributed by atoms with Crippen LogP contribution in [-0.2, 0) is 6.54 Å². The summed E-state index contributed by atoms with van der Waals surface area (Å²) < 4.78 is 0. The predicted octanol–water partition coefficient (Wildman–Crippen LogP) is 5.88. The zero-order valence-electron chi connectivity index (χ0n) is 16.6. The molecule has 0 bridgehead atoms. The molecular weight excluding hydrogens is 364 g/mol. The summed E-state index contributed by atoms with van der Waals surface area (Å²) in [5.41, 5.74) is 7.54. The van der Waals surface area contributed by atoms with Crippen molar-refractivity contribution >= 4 is 22.7 Å². The molecule has 2 aromatic carbocycles. The summed E-state index contributed by atoms with van der Waals surface area (Å²) in [5.74, 6) is 0. The van der Waals surface area contributed by atoms with Crippen molar-refractivity contribution in [3.63, 3.8) is 0 Å². The lowest BCUT2D eigenvalue weighted by molar-refractivity contribution is 0.266. The second-order valence-electron chi connectivity index (χ2n) is 6.79. The highest BCUT2D eigenvalue weighted by Gasteiger charge is 2.04. The molecule has 0 fully saturated rings. The van der Waals surface area contributed by atoms with Gasteiger partial charge in [-0.05, 0) is 37.1 Å². The van der Waals surface area contributed by atoms with Gasteiger partial charge in [0.2, 0.25) is 5.13 Å². The van der Waals surface area contributed by atoms with E-state index in [1.165, 1.54) is 18.4 Å². The first-order valence-corrected chi connectivity index (χ1v) is 10.8. The smallest absolute Gasteiger partial charge is 0.203 e. The molecule has 1 N–H and O–H groups in total. The minimum atomic E-state index is 0.793. The molecule has 0 amide bonds. The predicted molar refractivity (Wildman–Crippen MR) is 121 cm³/mol. The van der Waals surface area contributed by atoms with Gasteiger partial charge in [0.1, 0.15) is 0 Å². The van der Waals surface area contributed by atoms with Gasteiger partial charge in [-0.1, -0.05) is 68.4 Å². The van der Waals surface area contributed by atoms with E-state index in [1.54, 1.807) is 11.3 Å². The van der Waals surface area contributed by atoms with Gasteiger partial charge in [0.25, 0.3) is 0 Å². The quantitative estimate of drug-likeness (QED) is 0.346. The Bertz CT molecular complexity index is 850. The number of aromatic nitrogens is 1. The number of thiazole rings is 1. The molecule has 28 heavy (non-hydrogen) atoms. The monoisotopic (exact) mass is 392 g/mol. The highest BCUT2D eigenvalue weighted by Crippen LogP contribution is 2.24. The SMILES string of the molecule is CCCN(CCC)Cc1ccc(C=NNc2nc(-c3ccccc3)cs2)cc1. The number of rotatable bonds is 10. The van der Waals surface area contributed by atoms with Crippen LogP contribution in [0.25, 0.3) is 11.3 Å². The Kier molecular flexibility index (Phi) is 7.76. The highest BCUT2D eigenvalue weighted by molar-refractivity contribution is 7.14. The number of hydrogen-bond donors (Lipinski definition) is 1. The van der Waals surface area contributed by atoms with E-state index in [4.69, 9.17) is 0 Å². The maximum Gasteiger partial charge on any atom is 0.203 e. The van der Waals surface area contributed by atoms with E-state index in [-0.39, 0.29) is 0 Å². The van der Waals surface area contributed by atoms with Crippen LogP contribution in [-0.4, -0.2) is 29.2 Å². The van der Waals surface area contributed by atoms with Crippen molar-refractivity contribution in [1.29, 1.82) is 0 Å². The standard InChI is InChI=1S/C23H28N4S/c1-3-14-27(15-4-2)17-20-12-10-19(11-13-20)16-24-26-23-25-22(18-28-23)21-8-6-5-7-9-21/h5-13,16,18H,3-4,14-15,17H2,1-2H3,(H,25,26). The summed E-state index contributed by atoms with van der Waals surface area (Å²) in [6, 6.07) is 18.8. The van der Waals surface area contributed by atoms with Crippen LogP contribution in [0, 0.1) is 0 Å². The molecular formula is C23H28N4S. The van der Waals surface area contributed by atoms with Gasteiger partial charge in [0.05, 0.1) is 11.9 Å². The molecule has 0 aliphatic carbocycles. The van der Waals surface area contributed by atoms with Gasteiger partial charge in [0.15, 0.2) is 0 Å². The molecule has 0 radical (unpaired) electrons. The van der Waals surface area contributed by atoms with Crippen molar-refractivity contribution in [2.75, 3.05) is 18.5 Å². The van der Waals surface area contributed by atoms with Crippen molar-refractivity contribution in [2.24, 2.45) is 5.10 Å². The molecule has 3 aromatic rings. The molecule has 4 nitrogen and oxygen atoms in total. The van der Waals surface area contributed by atoms with E-state index in [0.29, 0.717) is 0 Å². The fourth-order valence-electron chi connectivity index (χ4n) is 3.10. The third-order valence-corrected chi connectivity index (χ3v) is 5.16. The first-order valence-electron chi connectivity index (χ1n) is 9.89. The lowest BCUT2D eigenvalue weighted by Crippen LogP contribution is -2.24. The fraction of sp³-hybridized carbons (Fsp3) is 0.304. The number of hydrazone groups is 1. The minimum absolute atomic E-state index is 0.793. The van der Waals surface area contributed by atoms with E-state index in [9.17, 15) is 0 Å². The summed E-state index contributed by atoms with van der Waals surface area (Å²) in [6.07, 6.45) is 4.22. The number of nitrogens with zero attached hydrogens (tertiary/aromatic N) is 3. The topological polar surface area (TPSA) is 40.5 Å². The van der Waals surface area contributed by atoms with Crippen molar-refractivity contribution in [3.8, 4) is 11.3 Å². The molecule has 146 valence electrons. The van der Waals surface area contributed by atoms with Gasteiger partial charge in [0, 0.05) is 17.5 Å². The third-order valence-electron chi connectivity index (χ3n) is 4.41. The zero-order valence-corrected chi connectivity index (χ0v) is 17.5. The molecule has 1 heterocycles. The second kappa shape index (κ2) is 10.7. The minimum Gasteiger partial charge on any atom is -0.299 e. The van der Waals surface area contributed by atoms with E-state index in [1.807, 2.05) is 29.8 Å². The third kappa shape index (κ3) is 6.01. The number of benzene rings is 2. The normalized spacial score (nSPS) is 11.4. The Morgan fingerprint density at radius 1 is 1.00 bits per heavy atom. The molecule has 3 rings (SSSR count). The van der Waals surface area contributed by atoms with Gasteiger partial charge < -0.3 is 0 Å². The van der Waals surface area contributed by atoms with Gasteiger partial charge in [-0.25, -0.2) is 4.98 Å². The van der Waals surface area contributed by atoms with Gasteiger partial charge in [-0.15, -0.1) is 11.3 Å². The summed E-state index contributed by atoms with van der Waals surface area (Å²) in [5, 5.41) is 7.17. The van der Waals surface area contributed by atoms with Crippen molar-refractivity contribution in [1.82, 2.24) is 9.88 Å². The summed E-state index contributed by atoms with van der Waals surface area (Å²) in [7, 11) is 0. The van der Waals surface area contributed by atoms with Crippen molar-refractivity contribution in [2.45, 2.75) is 33.2 Å². The maximum atomic E-state index is 4.58. The molecule has 0 aliphatic heterocycles. The van der Waals surface area contributed by atoms with Crippen LogP contribution < -0.4 is 5.43 Å². The van der Waals surface area contributed by atoms with Crippen LogP contribution in [0.5, 0.6) is 0 Å². The lowest BCUT2D eigenvalue weighted by Gasteiger charge is -2.20. The summed E-state index contributed by atoms with van der Waals surface area (Å²) >= 11 is 1.56. The van der Waals surface area contributed by atoms with Crippen LogP contribution in [0.15, 0.2) is 65.1 Å². The van der Waals surface area contributed by atoms with E-state index < -0.39 is 0 Å². The Morgan fingerprint density at radius 3 is 2.39 bits per heavy atom. The number of nitrogens with one attached hydrogen (secondary N) is 1. The van der Waals surface area contributed by atoms with Crippen molar-refractivity contribution in [3.05, 3.63) is 71.1 Å². The van der Waals surface area contributed by atoms with Crippen LogP contribution in [0.4, 0.5) is 5.13 Å². The van der Waals surface area contributed by atoms with E-state index >= 15 is 0 Å². The van der Waals surface area contributed by atoms with Crippen LogP contribution >= 0.6 is 11.3 Å². The molecule has 0 unspecified atom stereocenters. The van der Waals surface area contributed by atoms with Gasteiger partial charge in [-0.3, -0.25) is 10.3 Å². The van der Waals surface area contributed by atoms with E-state index in [0.717, 1.165) is 41.6 Å². The number of anilines is 1. The van der Waals surface area contributed by atoms with Crippen molar-refractivity contribution < 1.29 is 0 Å². The Hall–Kier alpha value is -2.50. The lowest BCUT2D eigenvalue weighted by atomic mass is 10.1. The fourth-order valence-corrected chi connectivity index (χ4v) is 3.77. The average molecular weight is 393 g/mol. The molecule has 0 atom stereocenters. The molecule has 1 aromatic heterocycles. The zero-order chi connectivity index (χ0) is 19.6. The number of hydrogen-bond acceptors (Lipinski definition) is 5. The summed E-state index contributed by atoms with van der Waals surface area (Å²) in [4.78, 5) is 7.09. The maximum absolute atomic E-state index is 4.58. The summed E-state index contributed by atoms with van der Waals surface area (Å²) in [6.45, 7) is 7.79. The average Bonchev–Trinajstić information content (AvgIpc) is 3.19. The first-order chi connectivity index (χ1) is 13.8. The van der Waals surface area contributed by atoms with Crippen LogP contribution in [0.3, 0.4) is 0 Å². The Morgan fingerprint density at radius 2 is 1.71 bits per heavy atom. The van der Waals surface area contributed by atoms with Crippen LogP contribution in [0.2, 0.25) is 0 Å². The molecule has 0 aliphatic rings. The second-order valence-corrected chi connectivity index (χ2v) is 7.65. The molecule has 0 saturated heterocycles. The molecule has 0 spiro atoms. The largest absolute Gasteiger partial charge is 0.299 e. The molecule has 5 heteroatoms. The Labute approximate surface area is 172 Å². The van der Waals surface area contributed by atoms with E-state index in [2.05, 4.69) is 70.7 Å². The Balaban J connectivity index is 1.54. The molecule has 0 saturated carbocycles. The van der Waals surface area contributed by atoms with Gasteiger partial charge in [-0.2, -0.15) is 5.10 Å². The highest BCUT2D eigenvalue weighted by atomic mass is 32.1. The van der Waals surface area contributed by atoms with Gasteiger partial charge >= 0.3 is 0 Å². The van der Waals surface area contributed by atoms with Crippen LogP contribution in [0.1, 0.15) is 37.8 Å². The first kappa shape index (κ1) is 20.2.